The molecule has 21 heavy (non-hydrogen) atoms. The number of anilines is 1. The van der Waals surface area contributed by atoms with Crippen LogP contribution in [0.1, 0.15) is 0 Å². The molecule has 0 amide bonds. The highest BCUT2D eigenvalue weighted by atomic mass is 35.5. The van der Waals surface area contributed by atoms with Crippen LogP contribution in [0.4, 0.5) is 11.9 Å². The lowest BCUT2D eigenvalue weighted by Gasteiger charge is -2.34. The second-order valence-electron chi connectivity index (χ2n) is 5.36. The van der Waals surface area contributed by atoms with Crippen LogP contribution >= 0.6 is 0 Å². The van der Waals surface area contributed by atoms with Gasteiger partial charge in [-0.3, -0.25) is 9.05 Å². The fourth-order valence-electron chi connectivity index (χ4n) is 2.22. The van der Waals surface area contributed by atoms with E-state index in [-0.39, 0.29) is 18.1 Å². The third-order valence-electron chi connectivity index (χ3n) is 3.52. The Bertz CT molecular complexity index is 552. The quantitative estimate of drug-likeness (QED) is 0.434. The average molecular weight is 316 g/mol. The van der Waals surface area contributed by atoms with E-state index in [2.05, 4.69) is 16.5 Å². The maximum Gasteiger partial charge on any atom is 0.357 e. The SMILES string of the molecule is C=CCn1c(N(C)C)nc([N+]2(C)CCOCC2)nc1=O.[Cl-]. The number of quaternary nitrogens is 1. The first-order chi connectivity index (χ1) is 9.48. The van der Waals surface area contributed by atoms with Gasteiger partial charge < -0.3 is 22.0 Å². The Kier molecular flexibility index (Phi) is 5.88. The number of aromatic nitrogens is 3. The number of morpholine rings is 1. The third-order valence-corrected chi connectivity index (χ3v) is 3.52. The smallest absolute Gasteiger partial charge is 0.357 e. The largest absolute Gasteiger partial charge is 1.00 e. The lowest BCUT2D eigenvalue weighted by Crippen LogP contribution is -3.00. The van der Waals surface area contributed by atoms with E-state index in [0.717, 1.165) is 13.1 Å². The summed E-state index contributed by atoms with van der Waals surface area (Å²) in [5, 5.41) is 0. The highest BCUT2D eigenvalue weighted by Gasteiger charge is 2.33. The van der Waals surface area contributed by atoms with Crippen molar-refractivity contribution >= 4 is 11.9 Å². The highest BCUT2D eigenvalue weighted by Crippen LogP contribution is 2.19. The van der Waals surface area contributed by atoms with Crippen LogP contribution in [0.2, 0.25) is 0 Å². The zero-order valence-electron chi connectivity index (χ0n) is 12.8. The van der Waals surface area contributed by atoms with Gasteiger partial charge in [0.05, 0.1) is 20.3 Å². The Morgan fingerprint density at radius 3 is 2.52 bits per heavy atom. The van der Waals surface area contributed by atoms with Crippen LogP contribution in [0.3, 0.4) is 0 Å². The molecule has 118 valence electrons. The maximum absolute atomic E-state index is 12.2. The predicted molar refractivity (Wildman–Crippen MR) is 79.1 cm³/mol. The molecular weight excluding hydrogens is 294 g/mol. The van der Waals surface area contributed by atoms with E-state index in [1.807, 2.05) is 26.0 Å². The zero-order chi connectivity index (χ0) is 14.8. The summed E-state index contributed by atoms with van der Waals surface area (Å²) in [5.41, 5.74) is -0.288. The van der Waals surface area contributed by atoms with Crippen LogP contribution in [0.15, 0.2) is 17.4 Å². The fraction of sp³-hybridized carbons (Fsp3) is 0.615. The summed E-state index contributed by atoms with van der Waals surface area (Å²) in [5.74, 6) is 1.16. The normalized spacial score (nSPS) is 16.9. The first-order valence-electron chi connectivity index (χ1n) is 6.68. The molecular formula is C13H22ClN5O2. The molecule has 0 unspecified atom stereocenters. The van der Waals surface area contributed by atoms with Gasteiger partial charge in [0.25, 0.3) is 0 Å². The van der Waals surface area contributed by atoms with E-state index in [1.54, 1.807) is 6.08 Å². The lowest BCUT2D eigenvalue weighted by atomic mass is 10.3. The standard InChI is InChI=1S/C13H22N5O2.ClH/c1-5-6-17-12(16(2)3)14-11(15-13(17)19)18(4)7-9-20-10-8-18;/h5H,1,6-10H2,2-4H3;1H/q+1;/p-1. The number of ether oxygens (including phenoxy) is 1. The number of likely N-dealkylation sites (N-methyl/N-ethyl adjacent to an activating group) is 1. The van der Waals surface area contributed by atoms with E-state index in [1.165, 1.54) is 4.57 Å². The Morgan fingerprint density at radius 1 is 1.38 bits per heavy atom. The second kappa shape index (κ2) is 7.02. The number of allylic oxidation sites excluding steroid dienone is 1. The van der Waals surface area contributed by atoms with E-state index in [9.17, 15) is 4.79 Å². The predicted octanol–water partition coefficient (Wildman–Crippen LogP) is -3.14. The van der Waals surface area contributed by atoms with Gasteiger partial charge in [-0.25, -0.2) is 4.79 Å². The minimum absolute atomic E-state index is 0. The molecule has 0 atom stereocenters. The van der Waals surface area contributed by atoms with Gasteiger partial charge in [0, 0.05) is 20.6 Å². The van der Waals surface area contributed by atoms with Crippen molar-refractivity contribution in [1.29, 1.82) is 0 Å². The van der Waals surface area contributed by atoms with Crippen LogP contribution in [-0.4, -0.2) is 62.0 Å². The highest BCUT2D eigenvalue weighted by molar-refractivity contribution is 5.35. The van der Waals surface area contributed by atoms with E-state index >= 15 is 0 Å². The van der Waals surface area contributed by atoms with Gasteiger partial charge >= 0.3 is 11.6 Å². The maximum atomic E-state index is 12.2. The third kappa shape index (κ3) is 3.61. The molecule has 0 bridgehead atoms. The van der Waals surface area contributed by atoms with Crippen molar-refractivity contribution in [3.8, 4) is 0 Å². The molecule has 0 aromatic carbocycles. The minimum atomic E-state index is -0.288. The molecule has 0 spiro atoms. The van der Waals surface area contributed by atoms with Crippen LogP contribution in [0.25, 0.3) is 0 Å². The summed E-state index contributed by atoms with van der Waals surface area (Å²) in [4.78, 5) is 22.8. The molecule has 1 fully saturated rings. The van der Waals surface area contributed by atoms with Gasteiger partial charge in [-0.05, 0) is 0 Å². The molecule has 7 nitrogen and oxygen atoms in total. The Morgan fingerprint density at radius 2 is 2.00 bits per heavy atom. The molecule has 1 aliphatic heterocycles. The topological polar surface area (TPSA) is 60.3 Å². The molecule has 2 rings (SSSR count). The monoisotopic (exact) mass is 315 g/mol. The summed E-state index contributed by atoms with van der Waals surface area (Å²) >= 11 is 0. The molecule has 1 aromatic heterocycles. The number of hydrogen-bond acceptors (Lipinski definition) is 5. The first-order valence-corrected chi connectivity index (χ1v) is 6.68. The van der Waals surface area contributed by atoms with Crippen molar-refractivity contribution < 1.29 is 17.1 Å². The number of rotatable bonds is 4. The minimum Gasteiger partial charge on any atom is -1.00 e. The molecule has 0 N–H and O–H groups in total. The summed E-state index contributed by atoms with van der Waals surface area (Å²) in [7, 11) is 5.77. The van der Waals surface area contributed by atoms with Crippen molar-refractivity contribution in [3.05, 3.63) is 23.1 Å². The number of halogens is 1. The van der Waals surface area contributed by atoms with Crippen molar-refractivity contribution in [2.24, 2.45) is 0 Å². The van der Waals surface area contributed by atoms with Crippen molar-refractivity contribution in [2.45, 2.75) is 6.54 Å². The summed E-state index contributed by atoms with van der Waals surface area (Å²) < 4.78 is 7.43. The fourth-order valence-corrected chi connectivity index (χ4v) is 2.22. The lowest BCUT2D eigenvalue weighted by molar-refractivity contribution is -0.00000642. The van der Waals surface area contributed by atoms with Gasteiger partial charge in [-0.15, -0.1) is 16.5 Å². The Labute approximate surface area is 130 Å². The van der Waals surface area contributed by atoms with Gasteiger partial charge in [-0.2, -0.15) is 0 Å². The number of hydrogen-bond donors (Lipinski definition) is 0. The molecule has 8 heteroatoms. The Balaban J connectivity index is 0.00000220. The zero-order valence-corrected chi connectivity index (χ0v) is 13.5. The van der Waals surface area contributed by atoms with Gasteiger partial charge in [0.2, 0.25) is 5.95 Å². The molecule has 1 saturated heterocycles. The van der Waals surface area contributed by atoms with Gasteiger partial charge in [-0.1, -0.05) is 6.08 Å². The van der Waals surface area contributed by atoms with Crippen molar-refractivity contribution in [3.63, 3.8) is 0 Å². The second-order valence-corrected chi connectivity index (χ2v) is 5.36. The van der Waals surface area contributed by atoms with Crippen molar-refractivity contribution in [2.75, 3.05) is 52.3 Å². The van der Waals surface area contributed by atoms with Gasteiger partial charge in [0.15, 0.2) is 0 Å². The molecule has 0 saturated carbocycles. The van der Waals surface area contributed by atoms with E-state index in [4.69, 9.17) is 4.74 Å². The number of nitrogens with zero attached hydrogens (tertiary/aromatic N) is 5. The molecule has 1 aliphatic rings. The average Bonchev–Trinajstić information content (AvgIpc) is 2.41. The summed E-state index contributed by atoms with van der Waals surface area (Å²) in [6, 6.07) is 0. The molecule has 1 aromatic rings. The summed E-state index contributed by atoms with van der Waals surface area (Å²) in [6.45, 7) is 6.94. The van der Waals surface area contributed by atoms with E-state index in [0.29, 0.717) is 36.1 Å². The van der Waals surface area contributed by atoms with Crippen LogP contribution in [-0.2, 0) is 11.3 Å². The molecule has 2 heterocycles. The van der Waals surface area contributed by atoms with Crippen LogP contribution in [0, 0.1) is 0 Å². The van der Waals surface area contributed by atoms with Crippen molar-refractivity contribution in [1.82, 2.24) is 19.0 Å². The molecule has 0 aliphatic carbocycles. The molecule has 0 radical (unpaired) electrons. The van der Waals surface area contributed by atoms with Crippen LogP contribution in [0.5, 0.6) is 0 Å². The van der Waals surface area contributed by atoms with E-state index < -0.39 is 0 Å². The van der Waals surface area contributed by atoms with Gasteiger partial charge in [0.1, 0.15) is 13.1 Å². The summed E-state index contributed by atoms with van der Waals surface area (Å²) in [6.07, 6.45) is 1.67. The van der Waals surface area contributed by atoms with Crippen LogP contribution < -0.4 is 27.5 Å². The first kappa shape index (κ1) is 17.6. The Hall–Kier alpha value is -1.44.